The monoisotopic (exact) mass is 290 g/mol. The maximum Gasteiger partial charge on any atom is 0.214 e. The summed E-state index contributed by atoms with van der Waals surface area (Å²) >= 11 is 0. The molecule has 1 heterocycles. The summed E-state index contributed by atoms with van der Waals surface area (Å²) in [4.78, 5) is 0. The van der Waals surface area contributed by atoms with Crippen LogP contribution in [-0.4, -0.2) is 50.3 Å². The lowest BCUT2D eigenvalue weighted by Gasteiger charge is -2.26. The van der Waals surface area contributed by atoms with Crippen molar-refractivity contribution >= 4 is 10.0 Å². The van der Waals surface area contributed by atoms with Gasteiger partial charge in [-0.2, -0.15) is 0 Å². The number of ether oxygens (including phenoxy) is 1. The molecule has 6 heteroatoms. The van der Waals surface area contributed by atoms with Crippen molar-refractivity contribution < 1.29 is 13.2 Å². The Balaban J connectivity index is 1.62. The number of hydrogen-bond donors (Lipinski definition) is 1. The van der Waals surface area contributed by atoms with Gasteiger partial charge in [0.05, 0.1) is 11.9 Å². The largest absolute Gasteiger partial charge is 0.378 e. The van der Waals surface area contributed by atoms with E-state index in [2.05, 4.69) is 0 Å². The molecule has 2 rings (SSSR count). The highest BCUT2D eigenvalue weighted by atomic mass is 32.2. The molecule has 1 aliphatic heterocycles. The lowest BCUT2D eigenvalue weighted by molar-refractivity contribution is 0.0226. The predicted octanol–water partition coefficient (Wildman–Crippen LogP) is 0.945. The fraction of sp³-hybridized carbons (Fsp3) is 1.00. The topological polar surface area (TPSA) is 72.6 Å². The van der Waals surface area contributed by atoms with Gasteiger partial charge < -0.3 is 10.5 Å². The summed E-state index contributed by atoms with van der Waals surface area (Å²) in [6, 6.07) is 0.344. The number of nitrogens with two attached hydrogens (primary N) is 1. The summed E-state index contributed by atoms with van der Waals surface area (Å²) in [6.07, 6.45) is 5.29. The highest BCUT2D eigenvalue weighted by Crippen LogP contribution is 2.21. The maximum absolute atomic E-state index is 11.8. The van der Waals surface area contributed by atoms with E-state index in [9.17, 15) is 8.42 Å². The number of hydrogen-bond acceptors (Lipinski definition) is 4. The molecule has 1 atom stereocenters. The van der Waals surface area contributed by atoms with Crippen LogP contribution >= 0.6 is 0 Å². The Morgan fingerprint density at radius 3 is 2.53 bits per heavy atom. The van der Waals surface area contributed by atoms with Crippen LogP contribution in [0.15, 0.2) is 0 Å². The van der Waals surface area contributed by atoms with Crippen molar-refractivity contribution in [1.82, 2.24) is 4.31 Å². The van der Waals surface area contributed by atoms with Crippen molar-refractivity contribution in [3.63, 3.8) is 0 Å². The second-order valence-electron chi connectivity index (χ2n) is 6.00. The van der Waals surface area contributed by atoms with E-state index in [0.29, 0.717) is 37.6 Å². The molecule has 1 saturated carbocycles. The molecule has 2 N–H and O–H groups in total. The van der Waals surface area contributed by atoms with Crippen molar-refractivity contribution in [2.45, 2.75) is 51.2 Å². The van der Waals surface area contributed by atoms with Gasteiger partial charge in [-0.3, -0.25) is 0 Å². The standard InChI is InChI=1S/C13H26N2O3S/c1-11-9-15(19(16,17)10-11)7-2-8-18-13-5-3-12(14)4-6-13/h11-13H,2-10,14H2,1H3. The summed E-state index contributed by atoms with van der Waals surface area (Å²) in [5.74, 6) is 0.555. The molecule has 112 valence electrons. The summed E-state index contributed by atoms with van der Waals surface area (Å²) in [7, 11) is -2.99. The number of rotatable bonds is 5. The fourth-order valence-corrected chi connectivity index (χ4v) is 4.88. The van der Waals surface area contributed by atoms with E-state index in [-0.39, 0.29) is 5.92 Å². The van der Waals surface area contributed by atoms with Crippen LogP contribution < -0.4 is 5.73 Å². The van der Waals surface area contributed by atoms with Crippen LogP contribution in [0.25, 0.3) is 0 Å². The van der Waals surface area contributed by atoms with Gasteiger partial charge in [0.15, 0.2) is 0 Å². The van der Waals surface area contributed by atoms with Crippen molar-refractivity contribution in [1.29, 1.82) is 0 Å². The molecule has 19 heavy (non-hydrogen) atoms. The molecule has 0 radical (unpaired) electrons. The summed E-state index contributed by atoms with van der Waals surface area (Å²) in [5, 5.41) is 0. The molecule has 1 aliphatic carbocycles. The van der Waals surface area contributed by atoms with Crippen molar-refractivity contribution in [3.8, 4) is 0 Å². The first-order valence-corrected chi connectivity index (χ1v) is 8.93. The first-order valence-electron chi connectivity index (χ1n) is 7.32. The Hall–Kier alpha value is -0.170. The predicted molar refractivity (Wildman–Crippen MR) is 75.3 cm³/mol. The molecular formula is C13H26N2O3S. The normalized spacial score (nSPS) is 35.6. The van der Waals surface area contributed by atoms with E-state index in [1.165, 1.54) is 0 Å². The Labute approximate surface area is 116 Å². The van der Waals surface area contributed by atoms with E-state index in [1.807, 2.05) is 6.92 Å². The van der Waals surface area contributed by atoms with Crippen LogP contribution in [0, 0.1) is 5.92 Å². The third kappa shape index (κ3) is 4.41. The highest BCUT2D eigenvalue weighted by Gasteiger charge is 2.32. The van der Waals surface area contributed by atoms with Gasteiger partial charge in [0.1, 0.15) is 0 Å². The summed E-state index contributed by atoms with van der Waals surface area (Å²) in [5.41, 5.74) is 5.85. The van der Waals surface area contributed by atoms with Gasteiger partial charge in [-0.1, -0.05) is 6.92 Å². The molecule has 0 spiro atoms. The minimum Gasteiger partial charge on any atom is -0.378 e. The van der Waals surface area contributed by atoms with Gasteiger partial charge in [-0.05, 0) is 38.0 Å². The lowest BCUT2D eigenvalue weighted by atomic mass is 9.94. The van der Waals surface area contributed by atoms with Gasteiger partial charge in [0.25, 0.3) is 0 Å². The molecule has 0 bridgehead atoms. The first kappa shape index (κ1) is 15.2. The SMILES string of the molecule is CC1CN(CCCOC2CCC(N)CC2)S(=O)(=O)C1. The fourth-order valence-electron chi connectivity index (χ4n) is 2.96. The van der Waals surface area contributed by atoms with Gasteiger partial charge in [0.2, 0.25) is 10.0 Å². The van der Waals surface area contributed by atoms with Crippen LogP contribution in [0.1, 0.15) is 39.0 Å². The highest BCUT2D eigenvalue weighted by molar-refractivity contribution is 7.89. The summed E-state index contributed by atoms with van der Waals surface area (Å²) < 4.78 is 31.0. The second-order valence-corrected chi connectivity index (χ2v) is 8.02. The van der Waals surface area contributed by atoms with Gasteiger partial charge in [-0.25, -0.2) is 12.7 Å². The van der Waals surface area contributed by atoms with Crippen molar-refractivity contribution in [3.05, 3.63) is 0 Å². The molecule has 2 aliphatic rings. The van der Waals surface area contributed by atoms with E-state index in [4.69, 9.17) is 10.5 Å². The Bertz CT molecular complexity index is 377. The molecule has 0 aromatic rings. The molecule has 2 fully saturated rings. The van der Waals surface area contributed by atoms with E-state index in [0.717, 1.165) is 32.1 Å². The Morgan fingerprint density at radius 2 is 1.95 bits per heavy atom. The van der Waals surface area contributed by atoms with Gasteiger partial charge in [0, 0.05) is 25.7 Å². The molecule has 0 aromatic carbocycles. The Kier molecular flexibility index (Phi) is 5.22. The van der Waals surface area contributed by atoms with E-state index >= 15 is 0 Å². The average molecular weight is 290 g/mol. The minimum atomic E-state index is -2.99. The molecule has 5 nitrogen and oxygen atoms in total. The smallest absolute Gasteiger partial charge is 0.214 e. The average Bonchev–Trinajstić information content (AvgIpc) is 2.60. The maximum atomic E-state index is 11.8. The minimum absolute atomic E-state index is 0.255. The van der Waals surface area contributed by atoms with E-state index in [1.54, 1.807) is 4.31 Å². The van der Waals surface area contributed by atoms with Crippen LogP contribution in [0.3, 0.4) is 0 Å². The van der Waals surface area contributed by atoms with Crippen molar-refractivity contribution in [2.24, 2.45) is 11.7 Å². The second kappa shape index (κ2) is 6.52. The third-order valence-electron chi connectivity index (χ3n) is 4.03. The van der Waals surface area contributed by atoms with Crippen LogP contribution in [-0.2, 0) is 14.8 Å². The quantitative estimate of drug-likeness (QED) is 0.765. The van der Waals surface area contributed by atoms with Crippen LogP contribution in [0.2, 0.25) is 0 Å². The molecular weight excluding hydrogens is 264 g/mol. The molecule has 1 saturated heterocycles. The zero-order chi connectivity index (χ0) is 13.9. The van der Waals surface area contributed by atoms with Crippen LogP contribution in [0.4, 0.5) is 0 Å². The summed E-state index contributed by atoms with van der Waals surface area (Å²) in [6.45, 7) is 3.90. The zero-order valence-electron chi connectivity index (χ0n) is 11.8. The molecule has 1 unspecified atom stereocenters. The zero-order valence-corrected chi connectivity index (χ0v) is 12.6. The number of sulfonamides is 1. The van der Waals surface area contributed by atoms with Gasteiger partial charge in [-0.15, -0.1) is 0 Å². The van der Waals surface area contributed by atoms with Gasteiger partial charge >= 0.3 is 0 Å². The molecule has 0 aromatic heterocycles. The lowest BCUT2D eigenvalue weighted by Crippen LogP contribution is -2.31. The molecule has 0 amide bonds. The Morgan fingerprint density at radius 1 is 1.26 bits per heavy atom. The van der Waals surface area contributed by atoms with E-state index < -0.39 is 10.0 Å². The first-order chi connectivity index (χ1) is 8.97. The van der Waals surface area contributed by atoms with Crippen molar-refractivity contribution in [2.75, 3.05) is 25.4 Å². The number of nitrogens with zero attached hydrogens (tertiary/aromatic N) is 1. The van der Waals surface area contributed by atoms with Crippen LogP contribution in [0.5, 0.6) is 0 Å². The third-order valence-corrected chi connectivity index (χ3v) is 6.14.